The summed E-state index contributed by atoms with van der Waals surface area (Å²) in [5, 5.41) is 6.96. The van der Waals surface area contributed by atoms with Crippen LogP contribution in [0, 0.1) is 6.92 Å². The highest BCUT2D eigenvalue weighted by Crippen LogP contribution is 2.37. The minimum atomic E-state index is 0.664. The number of aryl methyl sites for hydroxylation is 1. The van der Waals surface area contributed by atoms with Gasteiger partial charge in [0.25, 0.3) is 0 Å². The molecule has 0 unspecified atom stereocenters. The number of ether oxygens (including phenoxy) is 1. The van der Waals surface area contributed by atoms with Crippen LogP contribution in [0.2, 0.25) is 0 Å². The van der Waals surface area contributed by atoms with Crippen molar-refractivity contribution in [3.8, 4) is 5.75 Å². The van der Waals surface area contributed by atoms with Crippen LogP contribution >= 0.6 is 11.3 Å². The van der Waals surface area contributed by atoms with Crippen LogP contribution in [0.25, 0.3) is 0 Å². The number of nitrogens with zero attached hydrogens (tertiary/aromatic N) is 1. The Hall–Kier alpha value is -1.39. The molecule has 1 aliphatic carbocycles. The molecule has 1 N–H and O–H groups in total. The second-order valence-corrected chi connectivity index (χ2v) is 6.76. The summed E-state index contributed by atoms with van der Waals surface area (Å²) < 4.78 is 5.20. The maximum atomic E-state index is 5.20. The third kappa shape index (κ3) is 3.63. The van der Waals surface area contributed by atoms with Crippen molar-refractivity contribution in [2.75, 3.05) is 13.7 Å². The van der Waals surface area contributed by atoms with E-state index in [1.54, 1.807) is 18.4 Å². The van der Waals surface area contributed by atoms with Crippen LogP contribution in [-0.4, -0.2) is 24.7 Å². The van der Waals surface area contributed by atoms with Gasteiger partial charge in [-0.2, -0.15) is 0 Å². The van der Waals surface area contributed by atoms with Gasteiger partial charge in [-0.3, -0.25) is 0 Å². The molecule has 0 spiro atoms. The minimum Gasteiger partial charge on any atom is -0.497 e. The Labute approximate surface area is 130 Å². The van der Waals surface area contributed by atoms with Gasteiger partial charge in [-0.25, -0.2) is 4.98 Å². The summed E-state index contributed by atoms with van der Waals surface area (Å²) in [5.41, 5.74) is 2.65. The van der Waals surface area contributed by atoms with Gasteiger partial charge in [-0.05, 0) is 43.4 Å². The van der Waals surface area contributed by atoms with E-state index in [4.69, 9.17) is 4.74 Å². The van der Waals surface area contributed by atoms with Gasteiger partial charge >= 0.3 is 0 Å². The van der Waals surface area contributed by atoms with E-state index in [0.717, 1.165) is 23.7 Å². The number of hydrogen-bond acceptors (Lipinski definition) is 4. The van der Waals surface area contributed by atoms with Gasteiger partial charge in [-0.15, -0.1) is 11.3 Å². The summed E-state index contributed by atoms with van der Waals surface area (Å²) in [6.07, 6.45) is 3.51. The number of nitrogens with one attached hydrogen (secondary N) is 1. The topological polar surface area (TPSA) is 34.1 Å². The standard InChI is InChI=1S/C17H22N2OS/c1-12-19-15(11-21-12)7-8-18-16-9-14(10-16)13-3-5-17(20-2)6-4-13/h3-6,11,14,16,18H,7-10H2,1-2H3. The summed E-state index contributed by atoms with van der Waals surface area (Å²) in [6, 6.07) is 9.16. The molecule has 1 saturated carbocycles. The number of benzene rings is 1. The number of methoxy groups -OCH3 is 1. The molecule has 0 bridgehead atoms. The van der Waals surface area contributed by atoms with Crippen LogP contribution in [0.5, 0.6) is 5.75 Å². The first-order valence-electron chi connectivity index (χ1n) is 7.53. The predicted octanol–water partition coefficient (Wildman–Crippen LogP) is 3.54. The highest BCUT2D eigenvalue weighted by molar-refractivity contribution is 7.09. The van der Waals surface area contributed by atoms with Gasteiger partial charge in [-0.1, -0.05) is 12.1 Å². The van der Waals surface area contributed by atoms with E-state index in [1.165, 1.54) is 24.1 Å². The molecule has 0 saturated heterocycles. The van der Waals surface area contributed by atoms with Gasteiger partial charge in [0.05, 0.1) is 17.8 Å². The fraction of sp³-hybridized carbons (Fsp3) is 0.471. The van der Waals surface area contributed by atoms with Crippen molar-refractivity contribution < 1.29 is 4.74 Å². The van der Waals surface area contributed by atoms with E-state index < -0.39 is 0 Å². The van der Waals surface area contributed by atoms with Crippen molar-refractivity contribution >= 4 is 11.3 Å². The number of rotatable bonds is 6. The van der Waals surface area contributed by atoms with Gasteiger partial charge < -0.3 is 10.1 Å². The van der Waals surface area contributed by atoms with Gasteiger partial charge in [0.2, 0.25) is 0 Å². The minimum absolute atomic E-state index is 0.664. The summed E-state index contributed by atoms with van der Waals surface area (Å²) >= 11 is 1.73. The largest absolute Gasteiger partial charge is 0.497 e. The summed E-state index contributed by atoms with van der Waals surface area (Å²) in [4.78, 5) is 4.50. The molecule has 0 radical (unpaired) electrons. The van der Waals surface area contributed by atoms with E-state index in [2.05, 4.69) is 46.9 Å². The SMILES string of the molecule is COc1ccc(C2CC(NCCc3csc(C)n3)C2)cc1. The molecule has 21 heavy (non-hydrogen) atoms. The molecular formula is C17H22N2OS. The molecule has 1 aromatic carbocycles. The first-order valence-corrected chi connectivity index (χ1v) is 8.41. The van der Waals surface area contributed by atoms with E-state index in [-0.39, 0.29) is 0 Å². The first kappa shape index (κ1) is 14.5. The van der Waals surface area contributed by atoms with E-state index in [1.807, 2.05) is 0 Å². The molecule has 112 valence electrons. The lowest BCUT2D eigenvalue weighted by Gasteiger charge is -2.36. The van der Waals surface area contributed by atoms with Crippen molar-refractivity contribution in [2.45, 2.75) is 38.1 Å². The number of hydrogen-bond donors (Lipinski definition) is 1. The predicted molar refractivity (Wildman–Crippen MR) is 87.3 cm³/mol. The van der Waals surface area contributed by atoms with Crippen LogP contribution in [0.15, 0.2) is 29.6 Å². The van der Waals surface area contributed by atoms with Crippen molar-refractivity contribution in [3.05, 3.63) is 45.9 Å². The van der Waals surface area contributed by atoms with Crippen LogP contribution < -0.4 is 10.1 Å². The highest BCUT2D eigenvalue weighted by atomic mass is 32.1. The lowest BCUT2D eigenvalue weighted by molar-refractivity contribution is 0.292. The quantitative estimate of drug-likeness (QED) is 0.886. The Kier molecular flexibility index (Phi) is 4.56. The number of thiazole rings is 1. The third-order valence-corrected chi connectivity index (χ3v) is 5.03. The average Bonchev–Trinajstić information content (AvgIpc) is 2.87. The van der Waals surface area contributed by atoms with Crippen molar-refractivity contribution in [3.63, 3.8) is 0 Å². The third-order valence-electron chi connectivity index (χ3n) is 4.21. The van der Waals surface area contributed by atoms with E-state index >= 15 is 0 Å². The maximum Gasteiger partial charge on any atom is 0.118 e. The van der Waals surface area contributed by atoms with Crippen LogP contribution in [0.1, 0.15) is 35.0 Å². The summed E-state index contributed by atoms with van der Waals surface area (Å²) in [6.45, 7) is 3.09. The maximum absolute atomic E-state index is 5.20. The van der Waals surface area contributed by atoms with Gasteiger partial charge in [0.15, 0.2) is 0 Å². The molecule has 3 rings (SSSR count). The molecule has 1 aromatic heterocycles. The van der Waals surface area contributed by atoms with E-state index in [0.29, 0.717) is 12.0 Å². The lowest BCUT2D eigenvalue weighted by Crippen LogP contribution is -2.40. The lowest BCUT2D eigenvalue weighted by atomic mass is 9.76. The van der Waals surface area contributed by atoms with Gasteiger partial charge in [0, 0.05) is 24.4 Å². The number of aromatic nitrogens is 1. The Morgan fingerprint density at radius 1 is 1.29 bits per heavy atom. The molecule has 1 aliphatic rings. The molecule has 0 amide bonds. The second kappa shape index (κ2) is 6.58. The van der Waals surface area contributed by atoms with Crippen molar-refractivity contribution in [2.24, 2.45) is 0 Å². The molecular weight excluding hydrogens is 280 g/mol. The fourth-order valence-corrected chi connectivity index (χ4v) is 3.51. The molecule has 1 fully saturated rings. The Bertz CT molecular complexity index is 573. The first-order chi connectivity index (χ1) is 10.2. The van der Waals surface area contributed by atoms with Crippen LogP contribution in [0.4, 0.5) is 0 Å². The van der Waals surface area contributed by atoms with Gasteiger partial charge in [0.1, 0.15) is 5.75 Å². The molecule has 2 aromatic rings. The van der Waals surface area contributed by atoms with E-state index in [9.17, 15) is 0 Å². The zero-order valence-electron chi connectivity index (χ0n) is 12.6. The molecule has 0 atom stereocenters. The summed E-state index contributed by atoms with van der Waals surface area (Å²) in [7, 11) is 1.71. The fourth-order valence-electron chi connectivity index (χ4n) is 2.86. The van der Waals surface area contributed by atoms with Crippen LogP contribution in [-0.2, 0) is 6.42 Å². The molecule has 4 heteroatoms. The smallest absolute Gasteiger partial charge is 0.118 e. The molecule has 0 aliphatic heterocycles. The van der Waals surface area contributed by atoms with Crippen molar-refractivity contribution in [1.82, 2.24) is 10.3 Å². The normalized spacial score (nSPS) is 21.0. The Morgan fingerprint density at radius 3 is 2.67 bits per heavy atom. The monoisotopic (exact) mass is 302 g/mol. The Morgan fingerprint density at radius 2 is 2.05 bits per heavy atom. The molecule has 3 nitrogen and oxygen atoms in total. The Balaban J connectivity index is 1.39. The molecule has 1 heterocycles. The average molecular weight is 302 g/mol. The summed E-state index contributed by atoms with van der Waals surface area (Å²) in [5.74, 6) is 1.64. The zero-order valence-corrected chi connectivity index (χ0v) is 13.5. The van der Waals surface area contributed by atoms with Crippen molar-refractivity contribution in [1.29, 1.82) is 0 Å². The van der Waals surface area contributed by atoms with Crippen LogP contribution in [0.3, 0.4) is 0 Å². The second-order valence-electron chi connectivity index (χ2n) is 5.70. The zero-order chi connectivity index (χ0) is 14.7. The highest BCUT2D eigenvalue weighted by Gasteiger charge is 2.29.